The van der Waals surface area contributed by atoms with E-state index in [1.807, 2.05) is 13.0 Å². The van der Waals surface area contributed by atoms with Gasteiger partial charge in [0.2, 0.25) is 0 Å². The number of hydrogen-bond acceptors (Lipinski definition) is 1. The molecule has 0 heterocycles. The van der Waals surface area contributed by atoms with Crippen molar-refractivity contribution in [3.05, 3.63) is 40.5 Å². The molecule has 0 unspecified atom stereocenters. The Kier molecular flexibility index (Phi) is 2.18. The minimum absolute atomic E-state index is 0.394. The summed E-state index contributed by atoms with van der Waals surface area (Å²) in [5.41, 5.74) is 4.83. The van der Waals surface area contributed by atoms with Gasteiger partial charge in [0, 0.05) is 5.39 Å². The van der Waals surface area contributed by atoms with Crippen molar-refractivity contribution in [2.24, 2.45) is 0 Å². The van der Waals surface area contributed by atoms with Gasteiger partial charge in [-0.25, -0.2) is 0 Å². The van der Waals surface area contributed by atoms with E-state index < -0.39 is 0 Å². The van der Waals surface area contributed by atoms with Crippen molar-refractivity contribution >= 4 is 10.8 Å². The van der Waals surface area contributed by atoms with Crippen LogP contribution in [0.4, 0.5) is 0 Å². The molecule has 0 saturated carbocycles. The van der Waals surface area contributed by atoms with E-state index in [2.05, 4.69) is 32.9 Å². The molecule has 2 aromatic rings. The van der Waals surface area contributed by atoms with Crippen LogP contribution in [0.15, 0.2) is 18.2 Å². The van der Waals surface area contributed by atoms with Crippen LogP contribution in [0.3, 0.4) is 0 Å². The minimum Gasteiger partial charge on any atom is -0.507 e. The molecule has 78 valence electrons. The summed E-state index contributed by atoms with van der Waals surface area (Å²) < 4.78 is 0. The number of aromatic hydroxyl groups is 1. The van der Waals surface area contributed by atoms with Gasteiger partial charge in [-0.3, -0.25) is 0 Å². The van der Waals surface area contributed by atoms with Crippen LogP contribution in [0.25, 0.3) is 10.8 Å². The van der Waals surface area contributed by atoms with Gasteiger partial charge in [-0.05, 0) is 61.4 Å². The van der Waals surface area contributed by atoms with E-state index in [0.717, 1.165) is 16.3 Å². The summed E-state index contributed by atoms with van der Waals surface area (Å²) in [6.07, 6.45) is 0. The van der Waals surface area contributed by atoms with Crippen molar-refractivity contribution in [2.45, 2.75) is 27.7 Å². The molecule has 0 radical (unpaired) electrons. The average molecular weight is 200 g/mol. The fourth-order valence-corrected chi connectivity index (χ4v) is 2.14. The Bertz CT molecular complexity index is 539. The Morgan fingerprint density at radius 3 is 2.20 bits per heavy atom. The predicted octanol–water partition coefficient (Wildman–Crippen LogP) is 3.78. The Morgan fingerprint density at radius 2 is 1.53 bits per heavy atom. The van der Waals surface area contributed by atoms with Crippen molar-refractivity contribution in [1.82, 2.24) is 0 Å². The third-order valence-electron chi connectivity index (χ3n) is 3.19. The van der Waals surface area contributed by atoms with Crippen molar-refractivity contribution in [3.63, 3.8) is 0 Å². The van der Waals surface area contributed by atoms with Gasteiger partial charge in [0.15, 0.2) is 0 Å². The monoisotopic (exact) mass is 200 g/mol. The highest BCUT2D eigenvalue weighted by molar-refractivity contribution is 5.93. The quantitative estimate of drug-likeness (QED) is 0.686. The maximum atomic E-state index is 9.95. The van der Waals surface area contributed by atoms with E-state index in [-0.39, 0.29) is 0 Å². The molecule has 2 rings (SSSR count). The highest BCUT2D eigenvalue weighted by Gasteiger charge is 2.08. The average Bonchev–Trinajstić information content (AvgIpc) is 2.13. The first kappa shape index (κ1) is 10.0. The van der Waals surface area contributed by atoms with Crippen molar-refractivity contribution in [1.29, 1.82) is 0 Å². The third-order valence-corrected chi connectivity index (χ3v) is 3.19. The largest absolute Gasteiger partial charge is 0.507 e. The summed E-state index contributed by atoms with van der Waals surface area (Å²) in [5.74, 6) is 0.394. The summed E-state index contributed by atoms with van der Waals surface area (Å²) in [7, 11) is 0. The van der Waals surface area contributed by atoms with Crippen LogP contribution in [-0.2, 0) is 0 Å². The summed E-state index contributed by atoms with van der Waals surface area (Å²) >= 11 is 0. The first-order valence-electron chi connectivity index (χ1n) is 5.21. The predicted molar refractivity (Wildman–Crippen MR) is 64.6 cm³/mol. The lowest BCUT2D eigenvalue weighted by atomic mass is 9.95. The number of aryl methyl sites for hydroxylation is 3. The molecule has 0 saturated heterocycles. The first-order valence-corrected chi connectivity index (χ1v) is 5.21. The number of benzene rings is 2. The van der Waals surface area contributed by atoms with Crippen molar-refractivity contribution in [3.8, 4) is 5.75 Å². The van der Waals surface area contributed by atoms with Crippen LogP contribution in [0.2, 0.25) is 0 Å². The molecular weight excluding hydrogens is 184 g/mol. The summed E-state index contributed by atoms with van der Waals surface area (Å²) in [4.78, 5) is 0. The van der Waals surface area contributed by atoms with E-state index >= 15 is 0 Å². The second kappa shape index (κ2) is 3.27. The molecule has 0 bridgehead atoms. The lowest BCUT2D eigenvalue weighted by molar-refractivity contribution is 0.481. The Labute approximate surface area is 90.4 Å². The van der Waals surface area contributed by atoms with Crippen LogP contribution in [0.1, 0.15) is 22.3 Å². The van der Waals surface area contributed by atoms with Crippen LogP contribution in [0, 0.1) is 27.7 Å². The van der Waals surface area contributed by atoms with Gasteiger partial charge in [-0.15, -0.1) is 0 Å². The van der Waals surface area contributed by atoms with Gasteiger partial charge in [-0.2, -0.15) is 0 Å². The lowest BCUT2D eigenvalue weighted by Gasteiger charge is -2.11. The number of phenols is 1. The number of hydrogen-bond donors (Lipinski definition) is 1. The molecule has 0 atom stereocenters. The molecule has 0 aliphatic heterocycles. The van der Waals surface area contributed by atoms with E-state index in [9.17, 15) is 5.11 Å². The van der Waals surface area contributed by atoms with Crippen LogP contribution in [0.5, 0.6) is 5.75 Å². The molecule has 0 aromatic heterocycles. The maximum Gasteiger partial charge on any atom is 0.123 e. The molecule has 0 amide bonds. The zero-order valence-electron chi connectivity index (χ0n) is 9.68. The molecule has 1 heteroatoms. The normalized spacial score (nSPS) is 10.9. The van der Waals surface area contributed by atoms with E-state index in [0.29, 0.717) is 5.75 Å². The van der Waals surface area contributed by atoms with Crippen LogP contribution >= 0.6 is 0 Å². The van der Waals surface area contributed by atoms with Gasteiger partial charge in [0.05, 0.1) is 0 Å². The molecule has 0 aliphatic rings. The molecule has 2 aromatic carbocycles. The molecule has 15 heavy (non-hydrogen) atoms. The summed E-state index contributed by atoms with van der Waals surface area (Å²) in [6.45, 7) is 8.29. The topological polar surface area (TPSA) is 20.2 Å². The Morgan fingerprint density at radius 1 is 0.867 bits per heavy atom. The molecule has 1 N–H and O–H groups in total. The van der Waals surface area contributed by atoms with Gasteiger partial charge < -0.3 is 5.11 Å². The van der Waals surface area contributed by atoms with E-state index in [1.165, 1.54) is 16.7 Å². The smallest absolute Gasteiger partial charge is 0.123 e. The minimum atomic E-state index is 0.394. The molecule has 0 spiro atoms. The second-order valence-electron chi connectivity index (χ2n) is 4.33. The Hall–Kier alpha value is -1.50. The van der Waals surface area contributed by atoms with Crippen LogP contribution in [-0.4, -0.2) is 5.11 Å². The SMILES string of the molecule is Cc1cc(O)c2c(C)c(C)c(C)cc2c1. The summed E-state index contributed by atoms with van der Waals surface area (Å²) in [5, 5.41) is 12.1. The fourth-order valence-electron chi connectivity index (χ4n) is 2.14. The van der Waals surface area contributed by atoms with Gasteiger partial charge in [0.1, 0.15) is 5.75 Å². The van der Waals surface area contributed by atoms with Crippen molar-refractivity contribution < 1.29 is 5.11 Å². The molecular formula is C14H16O. The number of rotatable bonds is 0. The highest BCUT2D eigenvalue weighted by Crippen LogP contribution is 2.32. The lowest BCUT2D eigenvalue weighted by Crippen LogP contribution is -1.90. The van der Waals surface area contributed by atoms with Crippen molar-refractivity contribution in [2.75, 3.05) is 0 Å². The van der Waals surface area contributed by atoms with Crippen LogP contribution < -0.4 is 0 Å². The molecule has 1 nitrogen and oxygen atoms in total. The molecule has 0 fully saturated rings. The zero-order chi connectivity index (χ0) is 11.2. The number of fused-ring (bicyclic) bond motifs is 1. The van der Waals surface area contributed by atoms with Gasteiger partial charge in [0.25, 0.3) is 0 Å². The number of phenolic OH excluding ortho intramolecular Hbond substituents is 1. The van der Waals surface area contributed by atoms with E-state index in [4.69, 9.17) is 0 Å². The van der Waals surface area contributed by atoms with Gasteiger partial charge in [-0.1, -0.05) is 12.1 Å². The molecule has 0 aliphatic carbocycles. The Balaban J connectivity index is 2.99. The van der Waals surface area contributed by atoms with E-state index in [1.54, 1.807) is 0 Å². The van der Waals surface area contributed by atoms with Gasteiger partial charge >= 0.3 is 0 Å². The second-order valence-corrected chi connectivity index (χ2v) is 4.33. The fraction of sp³-hybridized carbons (Fsp3) is 0.286. The third kappa shape index (κ3) is 1.48. The standard InChI is InChI=1S/C14H16O/c1-8-5-12-7-9(2)10(3)11(4)14(12)13(15)6-8/h5-7,15H,1-4H3. The summed E-state index contributed by atoms with van der Waals surface area (Å²) in [6, 6.07) is 6.09. The zero-order valence-corrected chi connectivity index (χ0v) is 9.68. The maximum absolute atomic E-state index is 9.95. The first-order chi connectivity index (χ1) is 7.00. The highest BCUT2D eigenvalue weighted by atomic mass is 16.3.